The molecular weight excluding hydrogens is 468 g/mol. The maximum atomic E-state index is 11.7. The number of nitrogens with zero attached hydrogens (tertiary/aromatic N) is 1. The highest BCUT2D eigenvalue weighted by Crippen LogP contribution is 2.62. The molecule has 1 fully saturated rings. The van der Waals surface area contributed by atoms with E-state index >= 15 is 0 Å². The van der Waals surface area contributed by atoms with E-state index in [9.17, 15) is 9.59 Å². The predicted molar refractivity (Wildman–Crippen MR) is 141 cm³/mol. The van der Waals surface area contributed by atoms with Crippen LogP contribution in [-0.4, -0.2) is 54.7 Å². The molecule has 7 nitrogen and oxygen atoms in total. The summed E-state index contributed by atoms with van der Waals surface area (Å²) < 4.78 is 17.5. The van der Waals surface area contributed by atoms with E-state index in [0.717, 1.165) is 31.4 Å². The summed E-state index contributed by atoms with van der Waals surface area (Å²) >= 11 is 0. The number of likely N-dealkylation sites (tertiary alicyclic amines) is 1. The summed E-state index contributed by atoms with van der Waals surface area (Å²) in [5.41, 5.74) is 9.09. The van der Waals surface area contributed by atoms with Crippen LogP contribution in [0, 0.1) is 5.92 Å². The van der Waals surface area contributed by atoms with Gasteiger partial charge in [0, 0.05) is 42.8 Å². The second-order valence-corrected chi connectivity index (χ2v) is 10.8. The van der Waals surface area contributed by atoms with Crippen molar-refractivity contribution in [2.24, 2.45) is 11.7 Å². The van der Waals surface area contributed by atoms with Crippen LogP contribution in [0.3, 0.4) is 0 Å². The van der Waals surface area contributed by atoms with Gasteiger partial charge in [0.1, 0.15) is 6.10 Å². The highest BCUT2D eigenvalue weighted by molar-refractivity contribution is 5.73. The van der Waals surface area contributed by atoms with E-state index in [4.69, 9.17) is 19.9 Å². The Bertz CT molecular complexity index is 1210. The molecule has 0 amide bonds. The van der Waals surface area contributed by atoms with Gasteiger partial charge >= 0.3 is 11.9 Å². The van der Waals surface area contributed by atoms with Crippen LogP contribution in [0.2, 0.25) is 0 Å². The number of benzene rings is 2. The number of likely N-dealkylation sites (N-methyl/N-ethyl adjacent to an activating group) is 1. The third-order valence-electron chi connectivity index (χ3n) is 8.07. The number of carbonyl (C=O) groups is 2. The number of nitrogens with two attached hydrogens (primary N) is 1. The summed E-state index contributed by atoms with van der Waals surface area (Å²) in [5.74, 6) is 0.712. The zero-order valence-corrected chi connectivity index (χ0v) is 22.0. The van der Waals surface area contributed by atoms with Gasteiger partial charge in [-0.2, -0.15) is 0 Å². The smallest absolute Gasteiger partial charge is 0.308 e. The van der Waals surface area contributed by atoms with E-state index < -0.39 is 6.10 Å². The lowest BCUT2D eigenvalue weighted by Gasteiger charge is -2.56. The van der Waals surface area contributed by atoms with Crippen molar-refractivity contribution in [3.05, 3.63) is 71.3 Å². The minimum Gasteiger partial charge on any atom is -0.481 e. The fraction of sp³-hybridized carbons (Fsp3) is 0.467. The predicted octanol–water partition coefficient (Wildman–Crippen LogP) is 3.56. The highest BCUT2D eigenvalue weighted by Gasteiger charge is 2.65. The number of rotatable bonds is 4. The molecule has 0 saturated carbocycles. The van der Waals surface area contributed by atoms with E-state index in [0.29, 0.717) is 17.5 Å². The quantitative estimate of drug-likeness (QED) is 0.387. The molecule has 7 heteroatoms. The molecular formula is C30H36N2O5. The van der Waals surface area contributed by atoms with Gasteiger partial charge in [-0.25, -0.2) is 0 Å². The van der Waals surface area contributed by atoms with E-state index in [1.807, 2.05) is 37.3 Å². The average Bonchev–Trinajstić information content (AvgIpc) is 3.19. The van der Waals surface area contributed by atoms with Crippen LogP contribution in [0.1, 0.15) is 43.9 Å². The lowest BCUT2D eigenvalue weighted by atomic mass is 9.53. The van der Waals surface area contributed by atoms with Gasteiger partial charge in [-0.1, -0.05) is 42.5 Å². The fourth-order valence-electron chi connectivity index (χ4n) is 6.72. The van der Waals surface area contributed by atoms with E-state index in [2.05, 4.69) is 36.2 Å². The number of ether oxygens (including phenoxy) is 3. The van der Waals surface area contributed by atoms with Crippen LogP contribution in [0.15, 0.2) is 54.6 Å². The van der Waals surface area contributed by atoms with E-state index in [1.54, 1.807) is 0 Å². The Hall–Kier alpha value is -3.16. The molecule has 2 heterocycles. The summed E-state index contributed by atoms with van der Waals surface area (Å²) in [7, 11) is 2.17. The molecule has 1 unspecified atom stereocenters. The van der Waals surface area contributed by atoms with Crippen molar-refractivity contribution in [1.82, 2.24) is 4.90 Å². The molecule has 2 N–H and O–H groups in total. The number of piperidine rings is 1. The second-order valence-electron chi connectivity index (χ2n) is 10.8. The molecule has 6 atom stereocenters. The van der Waals surface area contributed by atoms with Crippen LogP contribution in [0.5, 0.6) is 11.5 Å². The molecule has 2 aromatic rings. The number of hydrogen-bond acceptors (Lipinski definition) is 7. The fourth-order valence-corrected chi connectivity index (χ4v) is 6.72. The van der Waals surface area contributed by atoms with Crippen molar-refractivity contribution in [1.29, 1.82) is 0 Å². The van der Waals surface area contributed by atoms with Gasteiger partial charge in [-0.3, -0.25) is 9.59 Å². The van der Waals surface area contributed by atoms with Crippen molar-refractivity contribution < 1.29 is 23.8 Å². The summed E-state index contributed by atoms with van der Waals surface area (Å²) in [6, 6.07) is 14.8. The third kappa shape index (κ3) is 4.55. The lowest BCUT2D eigenvalue weighted by Crippen LogP contribution is -2.65. The van der Waals surface area contributed by atoms with Crippen molar-refractivity contribution >= 4 is 11.9 Å². The van der Waals surface area contributed by atoms with Crippen LogP contribution in [0.25, 0.3) is 0 Å². The first kappa shape index (κ1) is 25.5. The molecule has 4 aliphatic rings. The van der Waals surface area contributed by atoms with Gasteiger partial charge in [-0.15, -0.1) is 0 Å². The molecule has 1 spiro atoms. The standard InChI is InChI=1S/C21H23NO5.C9H13N/c1-11(23)25-16-6-4-13-10-15-14-5-7-17(26-12(2)24)20-21(14,8-9-22(15)3)18(13)19(16)27-20;1-8(10)7-9-5-3-2-4-6-9/h4-7,14-15,17,20H,8-10H2,1-3H3;2-6,8H,7,10H2,1H3/t14-,15+,17-,20-,21-;/m0./s1. The molecule has 2 aliphatic carbocycles. The Morgan fingerprint density at radius 3 is 2.57 bits per heavy atom. The SMILES string of the molecule is CC(=O)Oc1ccc2c3c1O[C@H]1[C@@H](OC(C)=O)C=C[C@H]4[C@@H](C2)N(C)CC[C@@]341.CC(N)Cc1ccccc1. The summed E-state index contributed by atoms with van der Waals surface area (Å²) in [6.45, 7) is 5.79. The summed E-state index contributed by atoms with van der Waals surface area (Å²) in [5, 5.41) is 0. The molecule has 2 bridgehead atoms. The van der Waals surface area contributed by atoms with Crippen molar-refractivity contribution in [2.45, 2.75) is 69.7 Å². The Morgan fingerprint density at radius 2 is 1.89 bits per heavy atom. The summed E-state index contributed by atoms with van der Waals surface area (Å²) in [6.07, 6.45) is 6.28. The minimum absolute atomic E-state index is 0.245. The number of hydrogen-bond donors (Lipinski definition) is 1. The first-order valence-electron chi connectivity index (χ1n) is 13.1. The Kier molecular flexibility index (Phi) is 6.86. The highest BCUT2D eigenvalue weighted by atomic mass is 16.6. The van der Waals surface area contributed by atoms with Gasteiger partial charge in [-0.05, 0) is 63.0 Å². The average molecular weight is 505 g/mol. The first-order chi connectivity index (χ1) is 17.7. The maximum Gasteiger partial charge on any atom is 0.308 e. The van der Waals surface area contributed by atoms with Crippen LogP contribution >= 0.6 is 0 Å². The lowest BCUT2D eigenvalue weighted by molar-refractivity contribution is -0.152. The van der Waals surface area contributed by atoms with Crippen molar-refractivity contribution in [3.63, 3.8) is 0 Å². The normalized spacial score (nSPS) is 29.2. The van der Waals surface area contributed by atoms with Crippen molar-refractivity contribution in [2.75, 3.05) is 13.6 Å². The monoisotopic (exact) mass is 504 g/mol. The Morgan fingerprint density at radius 1 is 1.14 bits per heavy atom. The molecule has 2 aromatic carbocycles. The van der Waals surface area contributed by atoms with Gasteiger partial charge in [0.2, 0.25) is 0 Å². The van der Waals surface area contributed by atoms with E-state index in [1.165, 1.54) is 25.0 Å². The summed E-state index contributed by atoms with van der Waals surface area (Å²) in [4.78, 5) is 25.7. The molecule has 0 aromatic heterocycles. The van der Waals surface area contributed by atoms with E-state index in [-0.39, 0.29) is 35.4 Å². The van der Waals surface area contributed by atoms with Crippen molar-refractivity contribution in [3.8, 4) is 11.5 Å². The van der Waals surface area contributed by atoms with Gasteiger partial charge in [0.15, 0.2) is 17.6 Å². The van der Waals surface area contributed by atoms with Crippen LogP contribution < -0.4 is 15.2 Å². The van der Waals surface area contributed by atoms with Gasteiger partial charge < -0.3 is 24.8 Å². The molecule has 196 valence electrons. The molecule has 6 rings (SSSR count). The molecule has 1 saturated heterocycles. The zero-order valence-electron chi connectivity index (χ0n) is 22.0. The minimum atomic E-state index is -0.439. The number of esters is 2. The van der Waals surface area contributed by atoms with Crippen LogP contribution in [0.4, 0.5) is 0 Å². The Balaban J connectivity index is 0.000000237. The van der Waals surface area contributed by atoms with Gasteiger partial charge in [0.25, 0.3) is 0 Å². The molecule has 37 heavy (non-hydrogen) atoms. The third-order valence-corrected chi connectivity index (χ3v) is 8.07. The van der Waals surface area contributed by atoms with Gasteiger partial charge in [0.05, 0.1) is 0 Å². The second kappa shape index (κ2) is 9.95. The first-order valence-corrected chi connectivity index (χ1v) is 13.1. The maximum absolute atomic E-state index is 11.7. The largest absolute Gasteiger partial charge is 0.481 e. The number of carbonyl (C=O) groups excluding carboxylic acids is 2. The zero-order chi connectivity index (χ0) is 26.3. The topological polar surface area (TPSA) is 91.1 Å². The molecule has 2 aliphatic heterocycles. The van der Waals surface area contributed by atoms with Crippen LogP contribution in [-0.2, 0) is 32.6 Å². The molecule has 0 radical (unpaired) electrons. The Labute approximate surface area is 218 Å².